The molecule has 1 aromatic rings. The zero-order chi connectivity index (χ0) is 8.84. The summed E-state index contributed by atoms with van der Waals surface area (Å²) in [7, 11) is 1.69. The van der Waals surface area contributed by atoms with Crippen LogP contribution < -0.4 is 0 Å². The van der Waals surface area contributed by atoms with Gasteiger partial charge in [-0.05, 0) is 12.5 Å². The number of fused-ring (bicyclic) bond motifs is 3. The normalized spacial score (nSPS) is 29.6. The van der Waals surface area contributed by atoms with E-state index in [0.29, 0.717) is 18.8 Å². The summed E-state index contributed by atoms with van der Waals surface area (Å²) in [6.07, 6.45) is 1.90. The minimum Gasteiger partial charge on any atom is -0.378 e. The summed E-state index contributed by atoms with van der Waals surface area (Å²) in [4.78, 5) is 0. The number of nitrogens with zero attached hydrogens (tertiary/aromatic N) is 2. The fourth-order valence-corrected chi connectivity index (χ4v) is 1.99. The number of rotatable bonds is 2. The number of aromatic nitrogens is 2. The SMILES string of the molecule is COCc1cc2n(n1)CCC1OC21. The van der Waals surface area contributed by atoms with Crippen LogP contribution in [0.25, 0.3) is 0 Å². The first kappa shape index (κ1) is 7.53. The molecular formula is C9H12N2O2. The van der Waals surface area contributed by atoms with Crippen LogP contribution in [0, 0.1) is 0 Å². The molecule has 1 aromatic heterocycles. The Morgan fingerprint density at radius 1 is 1.77 bits per heavy atom. The van der Waals surface area contributed by atoms with E-state index < -0.39 is 0 Å². The molecule has 1 saturated heterocycles. The highest BCUT2D eigenvalue weighted by Gasteiger charge is 2.45. The predicted octanol–water partition coefficient (Wildman–Crippen LogP) is 0.873. The Hall–Kier alpha value is -0.870. The first-order valence-electron chi connectivity index (χ1n) is 4.59. The minimum absolute atomic E-state index is 0.326. The highest BCUT2D eigenvalue weighted by Crippen LogP contribution is 2.44. The van der Waals surface area contributed by atoms with Crippen molar-refractivity contribution in [2.75, 3.05) is 7.11 Å². The molecule has 0 aromatic carbocycles. The Morgan fingerprint density at radius 2 is 2.69 bits per heavy atom. The zero-order valence-electron chi connectivity index (χ0n) is 7.56. The molecule has 70 valence electrons. The first-order valence-corrected chi connectivity index (χ1v) is 4.59. The fourth-order valence-electron chi connectivity index (χ4n) is 1.99. The van der Waals surface area contributed by atoms with Crippen molar-refractivity contribution in [3.63, 3.8) is 0 Å². The van der Waals surface area contributed by atoms with Crippen LogP contribution in [0.4, 0.5) is 0 Å². The third-order valence-corrected chi connectivity index (χ3v) is 2.65. The molecule has 4 heteroatoms. The van der Waals surface area contributed by atoms with Crippen LogP contribution in [0.15, 0.2) is 6.07 Å². The van der Waals surface area contributed by atoms with Gasteiger partial charge in [0, 0.05) is 13.7 Å². The van der Waals surface area contributed by atoms with E-state index in [9.17, 15) is 0 Å². The van der Waals surface area contributed by atoms with Crippen LogP contribution in [0.2, 0.25) is 0 Å². The molecule has 3 heterocycles. The van der Waals surface area contributed by atoms with E-state index in [1.54, 1.807) is 7.11 Å². The van der Waals surface area contributed by atoms with Crippen molar-refractivity contribution in [2.45, 2.75) is 31.8 Å². The topological polar surface area (TPSA) is 39.6 Å². The Bertz CT molecular complexity index is 334. The van der Waals surface area contributed by atoms with Gasteiger partial charge < -0.3 is 9.47 Å². The average Bonchev–Trinajstić information content (AvgIpc) is 2.80. The van der Waals surface area contributed by atoms with E-state index in [1.165, 1.54) is 5.69 Å². The van der Waals surface area contributed by atoms with Gasteiger partial charge >= 0.3 is 0 Å². The van der Waals surface area contributed by atoms with Gasteiger partial charge in [0.05, 0.1) is 24.1 Å². The molecule has 1 fully saturated rings. The van der Waals surface area contributed by atoms with Gasteiger partial charge in [-0.1, -0.05) is 0 Å². The fraction of sp³-hybridized carbons (Fsp3) is 0.667. The molecule has 4 nitrogen and oxygen atoms in total. The molecule has 0 radical (unpaired) electrons. The monoisotopic (exact) mass is 180 g/mol. The second kappa shape index (κ2) is 2.56. The molecule has 0 N–H and O–H groups in total. The van der Waals surface area contributed by atoms with Crippen molar-refractivity contribution in [1.29, 1.82) is 0 Å². The van der Waals surface area contributed by atoms with E-state index in [4.69, 9.17) is 9.47 Å². The highest BCUT2D eigenvalue weighted by molar-refractivity contribution is 5.19. The molecular weight excluding hydrogens is 168 g/mol. The van der Waals surface area contributed by atoms with Crippen molar-refractivity contribution >= 4 is 0 Å². The van der Waals surface area contributed by atoms with Crippen LogP contribution in [-0.2, 0) is 22.6 Å². The summed E-state index contributed by atoms with van der Waals surface area (Å²) in [6, 6.07) is 2.09. The van der Waals surface area contributed by atoms with Gasteiger partial charge in [0.25, 0.3) is 0 Å². The maximum atomic E-state index is 5.49. The second-order valence-electron chi connectivity index (χ2n) is 3.60. The largest absolute Gasteiger partial charge is 0.378 e. The lowest BCUT2D eigenvalue weighted by Crippen LogP contribution is -2.12. The third kappa shape index (κ3) is 1.09. The van der Waals surface area contributed by atoms with Gasteiger partial charge in [-0.15, -0.1) is 0 Å². The van der Waals surface area contributed by atoms with Gasteiger partial charge in [0.15, 0.2) is 0 Å². The zero-order valence-corrected chi connectivity index (χ0v) is 7.56. The lowest BCUT2D eigenvalue weighted by molar-refractivity contribution is 0.180. The lowest BCUT2D eigenvalue weighted by Gasteiger charge is -2.07. The number of methoxy groups -OCH3 is 1. The highest BCUT2D eigenvalue weighted by atomic mass is 16.6. The minimum atomic E-state index is 0.326. The molecule has 13 heavy (non-hydrogen) atoms. The van der Waals surface area contributed by atoms with E-state index in [2.05, 4.69) is 11.2 Å². The molecule has 2 unspecified atom stereocenters. The molecule has 0 bridgehead atoms. The smallest absolute Gasteiger partial charge is 0.126 e. The standard InChI is InChI=1S/C9H12N2O2/c1-12-5-6-4-7-9-8(13-9)2-3-11(7)10-6/h4,8-9H,2-3,5H2,1H3. The molecule has 0 spiro atoms. The summed E-state index contributed by atoms with van der Waals surface area (Å²) in [5.74, 6) is 0. The number of hydrogen-bond acceptors (Lipinski definition) is 3. The molecule has 2 aliphatic heterocycles. The van der Waals surface area contributed by atoms with Crippen molar-refractivity contribution in [1.82, 2.24) is 9.78 Å². The molecule has 0 amide bonds. The molecule has 3 rings (SSSR count). The summed E-state index contributed by atoms with van der Waals surface area (Å²) in [6.45, 7) is 1.58. The van der Waals surface area contributed by atoms with Crippen LogP contribution in [0.3, 0.4) is 0 Å². The van der Waals surface area contributed by atoms with Gasteiger partial charge in [-0.25, -0.2) is 0 Å². The van der Waals surface area contributed by atoms with Gasteiger partial charge in [-0.2, -0.15) is 5.10 Å². The predicted molar refractivity (Wildman–Crippen MR) is 45.2 cm³/mol. The van der Waals surface area contributed by atoms with Gasteiger partial charge in [0.1, 0.15) is 6.10 Å². The summed E-state index contributed by atoms with van der Waals surface area (Å²) >= 11 is 0. The number of hydrogen-bond donors (Lipinski definition) is 0. The Kier molecular flexibility index (Phi) is 1.48. The van der Waals surface area contributed by atoms with E-state index in [1.807, 2.05) is 4.68 Å². The van der Waals surface area contributed by atoms with Crippen LogP contribution in [-0.4, -0.2) is 23.0 Å². The molecule has 2 aliphatic rings. The van der Waals surface area contributed by atoms with Crippen LogP contribution in [0.5, 0.6) is 0 Å². The third-order valence-electron chi connectivity index (χ3n) is 2.65. The first-order chi connectivity index (χ1) is 6.38. The Morgan fingerprint density at radius 3 is 3.54 bits per heavy atom. The van der Waals surface area contributed by atoms with E-state index in [0.717, 1.165) is 18.7 Å². The lowest BCUT2D eigenvalue weighted by atomic mass is 10.1. The van der Waals surface area contributed by atoms with Crippen molar-refractivity contribution in [3.8, 4) is 0 Å². The van der Waals surface area contributed by atoms with E-state index >= 15 is 0 Å². The Labute approximate surface area is 76.4 Å². The quantitative estimate of drug-likeness (QED) is 0.634. The van der Waals surface area contributed by atoms with Gasteiger partial charge in [-0.3, -0.25) is 4.68 Å². The van der Waals surface area contributed by atoms with Crippen molar-refractivity contribution < 1.29 is 9.47 Å². The summed E-state index contributed by atoms with van der Waals surface area (Å²) in [5, 5.41) is 4.43. The van der Waals surface area contributed by atoms with Gasteiger partial charge in [0.2, 0.25) is 0 Å². The maximum absolute atomic E-state index is 5.49. The van der Waals surface area contributed by atoms with Crippen molar-refractivity contribution in [3.05, 3.63) is 17.5 Å². The van der Waals surface area contributed by atoms with E-state index in [-0.39, 0.29) is 0 Å². The van der Waals surface area contributed by atoms with Crippen LogP contribution >= 0.6 is 0 Å². The van der Waals surface area contributed by atoms with Crippen molar-refractivity contribution in [2.24, 2.45) is 0 Å². The summed E-state index contributed by atoms with van der Waals surface area (Å²) < 4.78 is 12.6. The second-order valence-corrected chi connectivity index (χ2v) is 3.60. The van der Waals surface area contributed by atoms with Crippen LogP contribution in [0.1, 0.15) is 23.9 Å². The molecule has 0 aliphatic carbocycles. The molecule has 2 atom stereocenters. The number of epoxide rings is 1. The molecule has 0 saturated carbocycles. The number of ether oxygens (including phenoxy) is 2. The average molecular weight is 180 g/mol. The Balaban J connectivity index is 1.93. The number of aryl methyl sites for hydroxylation is 1. The maximum Gasteiger partial charge on any atom is 0.126 e. The summed E-state index contributed by atoms with van der Waals surface area (Å²) in [5.41, 5.74) is 2.23.